The number of rotatable bonds is 3. The highest BCUT2D eigenvalue weighted by Crippen LogP contribution is 2.52. The maximum atomic E-state index is 13.2. The van der Waals surface area contributed by atoms with E-state index in [4.69, 9.17) is 5.73 Å². The van der Waals surface area contributed by atoms with Crippen molar-refractivity contribution in [1.29, 1.82) is 0 Å². The van der Waals surface area contributed by atoms with Crippen molar-refractivity contribution in [2.24, 2.45) is 16.6 Å². The van der Waals surface area contributed by atoms with Gasteiger partial charge in [-0.3, -0.25) is 4.79 Å². The molecule has 2 N–H and O–H groups in total. The number of nitrogens with zero attached hydrogens (tertiary/aromatic N) is 3. The van der Waals surface area contributed by atoms with Crippen LogP contribution in [0, 0.1) is 10.8 Å². The van der Waals surface area contributed by atoms with Crippen molar-refractivity contribution in [3.8, 4) is 0 Å². The number of aromatic nitrogens is 2. The fourth-order valence-corrected chi connectivity index (χ4v) is 5.38. The predicted octanol–water partition coefficient (Wildman–Crippen LogP) is 3.04. The summed E-state index contributed by atoms with van der Waals surface area (Å²) in [5.74, 6) is 0.154. The Bertz CT molecular complexity index is 824. The highest BCUT2D eigenvalue weighted by molar-refractivity contribution is 5.97. The Labute approximate surface area is 149 Å². The van der Waals surface area contributed by atoms with Crippen LogP contribution in [0.1, 0.15) is 50.4 Å². The van der Waals surface area contributed by atoms with Gasteiger partial charge in [-0.2, -0.15) is 0 Å². The number of nitrogens with two attached hydrogens (primary N) is 1. The Morgan fingerprint density at radius 3 is 2.88 bits per heavy atom. The summed E-state index contributed by atoms with van der Waals surface area (Å²) in [6, 6.07) is 6.24. The predicted molar refractivity (Wildman–Crippen MR) is 99.4 cm³/mol. The molecule has 2 atom stereocenters. The number of carbonyl (C=O) groups is 1. The molecule has 2 bridgehead atoms. The summed E-state index contributed by atoms with van der Waals surface area (Å²) in [5, 5.41) is 0. The third-order valence-electron chi connectivity index (χ3n) is 5.91. The van der Waals surface area contributed by atoms with Gasteiger partial charge in [-0.05, 0) is 48.3 Å². The Kier molecular flexibility index (Phi) is 3.69. The molecule has 25 heavy (non-hydrogen) atoms. The molecule has 1 aromatic carbocycles. The van der Waals surface area contributed by atoms with Gasteiger partial charge in [-0.25, -0.2) is 4.98 Å². The number of fused-ring (bicyclic) bond motifs is 3. The minimum Gasteiger partial charge on any atom is -0.335 e. The van der Waals surface area contributed by atoms with Gasteiger partial charge in [0.2, 0.25) is 0 Å². The molecule has 1 amide bonds. The van der Waals surface area contributed by atoms with Crippen molar-refractivity contribution in [3.05, 3.63) is 30.1 Å². The third kappa shape index (κ3) is 2.84. The first-order valence-electron chi connectivity index (χ1n) is 9.26. The molecular formula is C20H28N4O. The Morgan fingerprint density at radius 2 is 2.12 bits per heavy atom. The van der Waals surface area contributed by atoms with Crippen LogP contribution in [0.2, 0.25) is 0 Å². The number of benzene rings is 1. The molecule has 1 saturated heterocycles. The molecule has 0 radical (unpaired) electrons. The Morgan fingerprint density at radius 1 is 1.32 bits per heavy atom. The van der Waals surface area contributed by atoms with Gasteiger partial charge in [0, 0.05) is 31.2 Å². The monoisotopic (exact) mass is 340 g/mol. The van der Waals surface area contributed by atoms with Crippen LogP contribution in [-0.2, 0) is 6.54 Å². The Balaban J connectivity index is 1.62. The molecule has 0 spiro atoms. The lowest BCUT2D eigenvalue weighted by Crippen LogP contribution is -2.37. The molecule has 2 aliphatic rings. The molecule has 1 aliphatic carbocycles. The van der Waals surface area contributed by atoms with E-state index < -0.39 is 0 Å². The van der Waals surface area contributed by atoms with Crippen molar-refractivity contribution < 1.29 is 4.79 Å². The lowest BCUT2D eigenvalue weighted by atomic mass is 9.65. The van der Waals surface area contributed by atoms with E-state index >= 15 is 0 Å². The van der Waals surface area contributed by atoms with Crippen molar-refractivity contribution in [2.45, 2.75) is 52.6 Å². The van der Waals surface area contributed by atoms with Crippen LogP contribution in [0.5, 0.6) is 0 Å². The van der Waals surface area contributed by atoms with Crippen molar-refractivity contribution in [2.75, 3.05) is 13.1 Å². The maximum absolute atomic E-state index is 13.2. The molecule has 2 unspecified atom stereocenters. The molecular weight excluding hydrogens is 312 g/mol. The lowest BCUT2D eigenvalue weighted by molar-refractivity contribution is 0.0708. The van der Waals surface area contributed by atoms with Gasteiger partial charge in [-0.15, -0.1) is 0 Å². The molecule has 5 nitrogen and oxygen atoms in total. The molecule has 5 heteroatoms. The number of imidazole rings is 1. The lowest BCUT2D eigenvalue weighted by Gasteiger charge is -2.39. The van der Waals surface area contributed by atoms with E-state index in [1.54, 1.807) is 6.33 Å². The minimum absolute atomic E-state index is 0.154. The van der Waals surface area contributed by atoms with E-state index in [-0.39, 0.29) is 11.3 Å². The molecule has 1 aliphatic heterocycles. The summed E-state index contributed by atoms with van der Waals surface area (Å²) in [7, 11) is 0. The van der Waals surface area contributed by atoms with Crippen LogP contribution in [-0.4, -0.2) is 39.5 Å². The van der Waals surface area contributed by atoms with Gasteiger partial charge in [-0.1, -0.05) is 20.8 Å². The highest BCUT2D eigenvalue weighted by Gasteiger charge is 2.51. The molecule has 2 heterocycles. The van der Waals surface area contributed by atoms with Crippen LogP contribution in [0.25, 0.3) is 11.0 Å². The summed E-state index contributed by atoms with van der Waals surface area (Å²) >= 11 is 0. The zero-order valence-corrected chi connectivity index (χ0v) is 15.5. The summed E-state index contributed by atoms with van der Waals surface area (Å²) in [6.07, 6.45) is 5.23. The van der Waals surface area contributed by atoms with Crippen LogP contribution >= 0.6 is 0 Å². The normalized spacial score (nSPS) is 27.8. The zero-order valence-electron chi connectivity index (χ0n) is 15.5. The van der Waals surface area contributed by atoms with E-state index in [1.165, 1.54) is 6.42 Å². The fourth-order valence-electron chi connectivity index (χ4n) is 5.38. The van der Waals surface area contributed by atoms with Crippen LogP contribution in [0.3, 0.4) is 0 Å². The van der Waals surface area contributed by atoms with Gasteiger partial charge in [0.15, 0.2) is 0 Å². The van der Waals surface area contributed by atoms with Gasteiger partial charge in [0.05, 0.1) is 17.4 Å². The number of amides is 1. The number of hydrogen-bond acceptors (Lipinski definition) is 3. The minimum atomic E-state index is 0.154. The maximum Gasteiger partial charge on any atom is 0.254 e. The van der Waals surface area contributed by atoms with E-state index in [2.05, 4.69) is 30.7 Å². The molecule has 4 rings (SSSR count). The van der Waals surface area contributed by atoms with E-state index in [0.717, 1.165) is 42.5 Å². The van der Waals surface area contributed by atoms with Gasteiger partial charge in [0.1, 0.15) is 0 Å². The van der Waals surface area contributed by atoms with Crippen molar-refractivity contribution >= 4 is 16.9 Å². The quantitative estimate of drug-likeness (QED) is 0.934. The van der Waals surface area contributed by atoms with Gasteiger partial charge < -0.3 is 15.2 Å². The van der Waals surface area contributed by atoms with E-state index in [1.807, 2.05) is 22.8 Å². The first kappa shape index (κ1) is 16.6. The van der Waals surface area contributed by atoms with Gasteiger partial charge in [0.25, 0.3) is 5.91 Å². The summed E-state index contributed by atoms with van der Waals surface area (Å²) in [6.45, 7) is 9.20. The zero-order chi connectivity index (χ0) is 17.8. The van der Waals surface area contributed by atoms with Crippen LogP contribution in [0.4, 0.5) is 0 Å². The highest BCUT2D eigenvalue weighted by atomic mass is 16.2. The average Bonchev–Trinajstić information content (AvgIpc) is 3.04. The first-order chi connectivity index (χ1) is 11.8. The molecule has 2 fully saturated rings. The standard InChI is InChI=1S/C20H28N4O/c1-19(2)9-15-10-20(3,11-19)12-24(15)18(25)14-4-5-17-16(8-14)22-13-23(17)7-6-21/h4-5,8,13,15H,6-7,9-12,21H2,1-3H3. The van der Waals surface area contributed by atoms with Gasteiger partial charge >= 0.3 is 0 Å². The third-order valence-corrected chi connectivity index (χ3v) is 5.91. The van der Waals surface area contributed by atoms with E-state index in [9.17, 15) is 4.79 Å². The molecule has 1 saturated carbocycles. The summed E-state index contributed by atoms with van der Waals surface area (Å²) in [4.78, 5) is 19.8. The van der Waals surface area contributed by atoms with Crippen LogP contribution < -0.4 is 5.73 Å². The Hall–Kier alpha value is -1.88. The fraction of sp³-hybridized carbons (Fsp3) is 0.600. The van der Waals surface area contributed by atoms with Crippen LogP contribution in [0.15, 0.2) is 24.5 Å². The summed E-state index contributed by atoms with van der Waals surface area (Å²) in [5.41, 5.74) is 8.88. The second-order valence-electron chi connectivity index (χ2n) is 9.08. The average molecular weight is 340 g/mol. The van der Waals surface area contributed by atoms with Crippen molar-refractivity contribution in [1.82, 2.24) is 14.5 Å². The summed E-state index contributed by atoms with van der Waals surface area (Å²) < 4.78 is 2.04. The molecule has 134 valence electrons. The first-order valence-corrected chi connectivity index (χ1v) is 9.26. The second-order valence-corrected chi connectivity index (χ2v) is 9.08. The molecule has 1 aromatic heterocycles. The van der Waals surface area contributed by atoms with E-state index in [0.29, 0.717) is 18.0 Å². The SMILES string of the molecule is CC1(C)CC2CC(C)(CN2C(=O)c2ccc3c(c2)ncn3CCN)C1. The van der Waals surface area contributed by atoms with Crippen molar-refractivity contribution in [3.63, 3.8) is 0 Å². The number of carbonyl (C=O) groups excluding carboxylic acids is 1. The smallest absolute Gasteiger partial charge is 0.254 e. The second kappa shape index (κ2) is 5.56. The number of hydrogen-bond donors (Lipinski definition) is 1. The topological polar surface area (TPSA) is 64.2 Å². The molecule has 2 aromatic rings. The number of likely N-dealkylation sites (tertiary alicyclic amines) is 1. The largest absolute Gasteiger partial charge is 0.335 e.